The summed E-state index contributed by atoms with van der Waals surface area (Å²) in [5.41, 5.74) is 23.7. The molecule has 1 saturated carbocycles. The smallest absolute Gasteiger partial charge is 0.249 e. The van der Waals surface area contributed by atoms with E-state index in [4.69, 9.17) is 51.4 Å². The van der Waals surface area contributed by atoms with E-state index in [0.717, 1.165) is 0 Å². The van der Waals surface area contributed by atoms with Gasteiger partial charge in [0.15, 0.2) is 18.9 Å². The van der Waals surface area contributed by atoms with Gasteiger partial charge in [-0.3, -0.25) is 4.79 Å². The Bertz CT molecular complexity index is 1050. The summed E-state index contributed by atoms with van der Waals surface area (Å²) in [6.07, 6.45) is -27.6. The van der Waals surface area contributed by atoms with Crippen molar-refractivity contribution < 1.29 is 84.3 Å². The molecular weight excluding hydrogens is 666 g/mol. The van der Waals surface area contributed by atoms with Crippen molar-refractivity contribution in [2.75, 3.05) is 26.3 Å². The second kappa shape index (κ2) is 17.5. The number of aliphatic hydroxyl groups excluding tert-OH is 10. The molecule has 22 nitrogen and oxygen atoms in total. The summed E-state index contributed by atoms with van der Waals surface area (Å²) in [6, 6.07) is -3.81. The molecule has 4 aliphatic rings. The van der Waals surface area contributed by atoms with E-state index in [2.05, 4.69) is 5.32 Å². The second-order valence-electron chi connectivity index (χ2n) is 12.7. The van der Waals surface area contributed by atoms with Crippen molar-refractivity contribution in [1.29, 1.82) is 0 Å². The predicted octanol–water partition coefficient (Wildman–Crippen LogP) is -9.96. The number of carbonyl (C=O) groups excluding carboxylic acids is 1. The quantitative estimate of drug-likeness (QED) is 0.0840. The summed E-state index contributed by atoms with van der Waals surface area (Å²) in [5, 5.41) is 106. The van der Waals surface area contributed by atoms with E-state index in [1.807, 2.05) is 0 Å². The van der Waals surface area contributed by atoms with Gasteiger partial charge in [0.1, 0.15) is 85.5 Å². The van der Waals surface area contributed by atoms with Gasteiger partial charge < -0.3 is 108 Å². The van der Waals surface area contributed by atoms with Gasteiger partial charge in [0.2, 0.25) is 5.91 Å². The number of nitrogens with two attached hydrogens (primary N) is 4. The van der Waals surface area contributed by atoms with Crippen LogP contribution in [0.1, 0.15) is 12.8 Å². The van der Waals surface area contributed by atoms with Crippen molar-refractivity contribution in [1.82, 2.24) is 5.32 Å². The fourth-order valence-corrected chi connectivity index (χ4v) is 6.33. The highest BCUT2D eigenvalue weighted by atomic mass is 16.8. The van der Waals surface area contributed by atoms with Crippen LogP contribution in [-0.4, -0.2) is 206 Å². The van der Waals surface area contributed by atoms with Crippen LogP contribution < -0.4 is 28.3 Å². The zero-order chi connectivity index (χ0) is 36.3. The van der Waals surface area contributed by atoms with Crippen molar-refractivity contribution in [2.45, 2.75) is 135 Å². The maximum Gasteiger partial charge on any atom is 0.249 e. The Hall–Kier alpha value is -1.33. The Kier molecular flexibility index (Phi) is 14.4. The average molecular weight is 718 g/mol. The number of amides is 1. The van der Waals surface area contributed by atoms with Gasteiger partial charge in [-0.1, -0.05) is 0 Å². The topological polar surface area (TPSA) is 391 Å². The lowest BCUT2D eigenvalue weighted by atomic mass is 9.83. The first kappa shape index (κ1) is 40.4. The summed E-state index contributed by atoms with van der Waals surface area (Å²) in [6.45, 7) is -1.83. The molecule has 22 heteroatoms. The molecule has 4 fully saturated rings. The molecule has 20 atom stereocenters. The molecule has 0 radical (unpaired) electrons. The Labute approximate surface area is 280 Å². The number of aliphatic hydroxyl groups is 10. The molecule has 0 spiro atoms. The lowest BCUT2D eigenvalue weighted by molar-refractivity contribution is -0.347. The molecule has 4 rings (SSSR count). The second-order valence-corrected chi connectivity index (χ2v) is 12.7. The van der Waals surface area contributed by atoms with Gasteiger partial charge >= 0.3 is 0 Å². The lowest BCUT2D eigenvalue weighted by Gasteiger charge is -2.50. The van der Waals surface area contributed by atoms with Gasteiger partial charge in [-0.2, -0.15) is 0 Å². The van der Waals surface area contributed by atoms with Crippen LogP contribution in [-0.2, 0) is 33.2 Å². The molecule has 3 aliphatic heterocycles. The normalized spacial score (nSPS) is 48.3. The molecule has 3 heterocycles. The van der Waals surface area contributed by atoms with Crippen molar-refractivity contribution in [2.24, 2.45) is 22.9 Å². The highest BCUT2D eigenvalue weighted by Crippen LogP contribution is 2.36. The molecular formula is C27H51N5O17. The minimum absolute atomic E-state index is 0.0511. The number of hydrogen-bond acceptors (Lipinski definition) is 21. The van der Waals surface area contributed by atoms with Crippen LogP contribution in [0.5, 0.6) is 0 Å². The van der Waals surface area contributed by atoms with E-state index in [1.54, 1.807) is 0 Å². The number of ether oxygens (including phenoxy) is 6. The minimum atomic E-state index is -1.86. The molecule has 0 aromatic carbocycles. The Balaban J connectivity index is 1.74. The fourth-order valence-electron chi connectivity index (χ4n) is 6.33. The number of rotatable bonds is 13. The van der Waals surface area contributed by atoms with Crippen LogP contribution in [0.4, 0.5) is 0 Å². The molecule has 1 aliphatic carbocycles. The predicted molar refractivity (Wildman–Crippen MR) is 158 cm³/mol. The van der Waals surface area contributed by atoms with Gasteiger partial charge in [0.05, 0.1) is 25.3 Å². The zero-order valence-electron chi connectivity index (χ0n) is 26.4. The Morgan fingerprint density at radius 3 is 1.73 bits per heavy atom. The summed E-state index contributed by atoms with van der Waals surface area (Å²) >= 11 is 0. The SMILES string of the molecule is NCC[C@H](O)C(=O)N[C@@H]1C[C@H](N)[C@@H](O[C@H]2O[C@H](CN)[C@@H](O)[C@H](O)[C@H]2O)[C@H](O[C@@H]2O[C@H](CO)[C@@H](O)[C@H]2O)[C@H]1O[C@H]1O[C@H](CO)[C@@H](O)[C@H](N)[C@H]1O. The first-order chi connectivity index (χ1) is 23.2. The van der Waals surface area contributed by atoms with Gasteiger partial charge in [-0.25, -0.2) is 0 Å². The monoisotopic (exact) mass is 717 g/mol. The molecule has 3 saturated heterocycles. The van der Waals surface area contributed by atoms with Crippen LogP contribution in [0.15, 0.2) is 0 Å². The average Bonchev–Trinajstić information content (AvgIpc) is 3.35. The third-order valence-corrected chi connectivity index (χ3v) is 9.27. The lowest BCUT2D eigenvalue weighted by Crippen LogP contribution is -2.70. The van der Waals surface area contributed by atoms with Crippen molar-refractivity contribution in [3.05, 3.63) is 0 Å². The third-order valence-electron chi connectivity index (χ3n) is 9.27. The van der Waals surface area contributed by atoms with E-state index in [0.29, 0.717) is 0 Å². The van der Waals surface area contributed by atoms with E-state index >= 15 is 0 Å². The minimum Gasteiger partial charge on any atom is -0.394 e. The molecule has 286 valence electrons. The number of nitrogens with one attached hydrogen (secondary N) is 1. The summed E-state index contributed by atoms with van der Waals surface area (Å²) in [7, 11) is 0. The molecule has 0 unspecified atom stereocenters. The molecule has 0 aromatic rings. The largest absolute Gasteiger partial charge is 0.394 e. The van der Waals surface area contributed by atoms with Crippen LogP contribution in [0, 0.1) is 0 Å². The van der Waals surface area contributed by atoms with Gasteiger partial charge in [0, 0.05) is 12.6 Å². The molecule has 0 aromatic heterocycles. The molecule has 1 amide bonds. The molecule has 19 N–H and O–H groups in total. The van der Waals surface area contributed by atoms with Crippen LogP contribution >= 0.6 is 0 Å². The van der Waals surface area contributed by atoms with E-state index < -0.39 is 142 Å². The summed E-state index contributed by atoms with van der Waals surface area (Å²) in [5.74, 6) is -0.915. The fraction of sp³-hybridized carbons (Fsp3) is 0.963. The highest BCUT2D eigenvalue weighted by molar-refractivity contribution is 5.80. The maximum atomic E-state index is 13.0. The van der Waals surface area contributed by atoms with Gasteiger partial charge in [-0.05, 0) is 19.4 Å². The van der Waals surface area contributed by atoms with E-state index in [1.165, 1.54) is 0 Å². The first-order valence-electron chi connectivity index (χ1n) is 16.0. The number of hydrogen-bond donors (Lipinski definition) is 15. The van der Waals surface area contributed by atoms with Crippen molar-refractivity contribution >= 4 is 5.91 Å². The van der Waals surface area contributed by atoms with Gasteiger partial charge in [-0.15, -0.1) is 0 Å². The standard InChI is InChI=1S/C27H51N5O17/c28-2-1-9(35)24(43)32-8-3-7(30)21(47-27-20(42)18(40)15(37)10(4-29)44-27)23(49-26-19(41)16(38)12(6-34)46-26)22(8)48-25-17(39)13(31)14(36)11(5-33)45-25/h7-23,25-27,33-42H,1-6,28-31H2,(H,32,43)/t7-,8+,9-,10+,11+,12+,13-,14+,15+,16+,17+,18-,19+,20+,21+,22-,23-,25+,26-,27+/m0/s1. The Morgan fingerprint density at radius 1 is 0.694 bits per heavy atom. The van der Waals surface area contributed by atoms with Crippen molar-refractivity contribution in [3.63, 3.8) is 0 Å². The maximum absolute atomic E-state index is 13.0. The van der Waals surface area contributed by atoms with Crippen LogP contribution in [0.25, 0.3) is 0 Å². The first-order valence-corrected chi connectivity index (χ1v) is 16.0. The third kappa shape index (κ3) is 8.66. The van der Waals surface area contributed by atoms with Crippen molar-refractivity contribution in [3.8, 4) is 0 Å². The summed E-state index contributed by atoms with van der Waals surface area (Å²) in [4.78, 5) is 13.0. The summed E-state index contributed by atoms with van der Waals surface area (Å²) < 4.78 is 35.0. The van der Waals surface area contributed by atoms with E-state index in [-0.39, 0.29) is 25.9 Å². The van der Waals surface area contributed by atoms with Gasteiger partial charge in [0.25, 0.3) is 0 Å². The number of carbonyl (C=O) groups is 1. The highest BCUT2D eigenvalue weighted by Gasteiger charge is 2.55. The van der Waals surface area contributed by atoms with Crippen LogP contribution in [0.3, 0.4) is 0 Å². The molecule has 0 bridgehead atoms. The van der Waals surface area contributed by atoms with Crippen LogP contribution in [0.2, 0.25) is 0 Å². The molecule has 49 heavy (non-hydrogen) atoms. The van der Waals surface area contributed by atoms with E-state index in [9.17, 15) is 55.9 Å². The zero-order valence-corrected chi connectivity index (χ0v) is 26.4. The Morgan fingerprint density at radius 2 is 1.18 bits per heavy atom.